The third-order valence-electron chi connectivity index (χ3n) is 2.93. The van der Waals surface area contributed by atoms with E-state index in [4.69, 9.17) is 0 Å². The van der Waals surface area contributed by atoms with Gasteiger partial charge in [0.15, 0.2) is 0 Å². The molecule has 1 rings (SSSR count). The molecule has 0 aromatic rings. The lowest BCUT2D eigenvalue weighted by atomic mass is 9.82. The van der Waals surface area contributed by atoms with Gasteiger partial charge in [0.1, 0.15) is 0 Å². The van der Waals surface area contributed by atoms with Crippen LogP contribution in [-0.4, -0.2) is 25.0 Å². The third-order valence-corrected chi connectivity index (χ3v) is 2.93. The number of nitrogens with zero attached hydrogens (tertiary/aromatic N) is 1. The summed E-state index contributed by atoms with van der Waals surface area (Å²) in [5.74, 6) is 0. The number of rotatable bonds is 3. The molecule has 0 saturated heterocycles. The number of allylic oxidation sites excluding steroid dienone is 3. The van der Waals surface area contributed by atoms with Crippen LogP contribution in [0.5, 0.6) is 0 Å². The molecule has 80 valence electrons. The van der Waals surface area contributed by atoms with Crippen LogP contribution < -0.4 is 0 Å². The fourth-order valence-electron chi connectivity index (χ4n) is 2.15. The van der Waals surface area contributed by atoms with Crippen LogP contribution in [-0.2, 0) is 0 Å². The average molecular weight is 193 g/mol. The minimum absolute atomic E-state index is 0.354. The summed E-state index contributed by atoms with van der Waals surface area (Å²) in [7, 11) is 4.36. The molecule has 0 fully saturated rings. The van der Waals surface area contributed by atoms with Crippen LogP contribution in [0.4, 0.5) is 0 Å². The van der Waals surface area contributed by atoms with Gasteiger partial charge in [-0.25, -0.2) is 0 Å². The van der Waals surface area contributed by atoms with Crippen molar-refractivity contribution in [1.82, 2.24) is 4.90 Å². The van der Waals surface area contributed by atoms with Crippen LogP contribution in [0.25, 0.3) is 0 Å². The van der Waals surface area contributed by atoms with Crippen LogP contribution in [0.15, 0.2) is 23.8 Å². The molecule has 1 heteroatoms. The third kappa shape index (κ3) is 2.98. The van der Waals surface area contributed by atoms with Crippen molar-refractivity contribution in [1.29, 1.82) is 0 Å². The van der Waals surface area contributed by atoms with E-state index in [0.717, 1.165) is 6.42 Å². The van der Waals surface area contributed by atoms with E-state index in [-0.39, 0.29) is 0 Å². The summed E-state index contributed by atoms with van der Waals surface area (Å²) in [4.78, 5) is 2.35. The highest BCUT2D eigenvalue weighted by Crippen LogP contribution is 2.30. The van der Waals surface area contributed by atoms with Gasteiger partial charge >= 0.3 is 0 Å². The van der Waals surface area contributed by atoms with E-state index in [1.807, 2.05) is 0 Å². The van der Waals surface area contributed by atoms with Crippen LogP contribution >= 0.6 is 0 Å². The van der Waals surface area contributed by atoms with Gasteiger partial charge in [0.05, 0.1) is 0 Å². The normalized spacial score (nSPS) is 18.9. The molecule has 1 unspecified atom stereocenters. The summed E-state index contributed by atoms with van der Waals surface area (Å²) in [5.41, 5.74) is 1.92. The zero-order chi connectivity index (χ0) is 10.8. The summed E-state index contributed by atoms with van der Waals surface area (Å²) in [6.07, 6.45) is 9.03. The first-order valence-corrected chi connectivity index (χ1v) is 5.42. The predicted molar refractivity (Wildman–Crippen MR) is 63.4 cm³/mol. The van der Waals surface area contributed by atoms with Gasteiger partial charge in [-0.3, -0.25) is 0 Å². The molecule has 0 aromatic heterocycles. The van der Waals surface area contributed by atoms with Gasteiger partial charge in [-0.15, -0.1) is 0 Å². The fraction of sp³-hybridized carbons (Fsp3) is 0.692. The summed E-state index contributed by atoms with van der Waals surface area (Å²) >= 11 is 0. The molecule has 0 N–H and O–H groups in total. The van der Waals surface area contributed by atoms with Gasteiger partial charge in [-0.05, 0) is 32.4 Å². The van der Waals surface area contributed by atoms with E-state index in [2.05, 4.69) is 58.0 Å². The molecular weight excluding hydrogens is 170 g/mol. The molecule has 14 heavy (non-hydrogen) atoms. The van der Waals surface area contributed by atoms with Crippen LogP contribution in [0.3, 0.4) is 0 Å². The van der Waals surface area contributed by atoms with E-state index >= 15 is 0 Å². The number of hydrogen-bond acceptors (Lipinski definition) is 1. The predicted octanol–water partition coefficient (Wildman–Crippen LogP) is 3.24. The molecule has 1 nitrogen and oxygen atoms in total. The van der Waals surface area contributed by atoms with Crippen LogP contribution in [0.2, 0.25) is 0 Å². The Morgan fingerprint density at radius 2 is 2.00 bits per heavy atom. The van der Waals surface area contributed by atoms with Crippen LogP contribution in [0, 0.1) is 5.41 Å². The van der Waals surface area contributed by atoms with Gasteiger partial charge in [0.25, 0.3) is 0 Å². The van der Waals surface area contributed by atoms with Crippen molar-refractivity contribution in [2.45, 2.75) is 39.7 Å². The topological polar surface area (TPSA) is 3.24 Å². The maximum atomic E-state index is 2.35. The Balaban J connectivity index is 2.61. The molecule has 0 spiro atoms. The average Bonchev–Trinajstić information content (AvgIpc) is 2.48. The molecule has 0 heterocycles. The summed E-state index contributed by atoms with van der Waals surface area (Å²) < 4.78 is 0. The first-order chi connectivity index (χ1) is 6.41. The molecule has 0 amide bonds. The van der Waals surface area contributed by atoms with Gasteiger partial charge in [-0.2, -0.15) is 0 Å². The second kappa shape index (κ2) is 4.31. The van der Waals surface area contributed by atoms with E-state index in [0.29, 0.717) is 11.5 Å². The fourth-order valence-corrected chi connectivity index (χ4v) is 2.15. The highest BCUT2D eigenvalue weighted by Gasteiger charge is 2.27. The molecule has 0 radical (unpaired) electrons. The molecular formula is C13H23N. The van der Waals surface area contributed by atoms with E-state index < -0.39 is 0 Å². The minimum Gasteiger partial charge on any atom is -0.306 e. The molecule has 1 aliphatic carbocycles. The molecule has 1 aliphatic rings. The monoisotopic (exact) mass is 193 g/mol. The summed E-state index contributed by atoms with van der Waals surface area (Å²) in [5, 5.41) is 0. The maximum absolute atomic E-state index is 2.35. The molecule has 0 aliphatic heterocycles. The van der Waals surface area contributed by atoms with Crippen molar-refractivity contribution in [3.05, 3.63) is 23.8 Å². The SMILES string of the molecule is CN(C)C(CC1=CC=CC1)C(C)(C)C. The van der Waals surface area contributed by atoms with Crippen molar-refractivity contribution in [2.24, 2.45) is 5.41 Å². The van der Waals surface area contributed by atoms with E-state index in [1.54, 1.807) is 5.57 Å². The lowest BCUT2D eigenvalue weighted by Crippen LogP contribution is -2.39. The Labute approximate surface area is 88.5 Å². The summed E-state index contributed by atoms with van der Waals surface area (Å²) in [6, 6.07) is 0.633. The molecule has 0 bridgehead atoms. The van der Waals surface area contributed by atoms with Crippen molar-refractivity contribution in [3.63, 3.8) is 0 Å². The van der Waals surface area contributed by atoms with Crippen LogP contribution in [0.1, 0.15) is 33.6 Å². The lowest BCUT2D eigenvalue weighted by Gasteiger charge is -2.36. The van der Waals surface area contributed by atoms with Gasteiger partial charge in [0, 0.05) is 6.04 Å². The second-order valence-corrected chi connectivity index (χ2v) is 5.51. The lowest BCUT2D eigenvalue weighted by molar-refractivity contribution is 0.151. The smallest absolute Gasteiger partial charge is 0.0175 e. The van der Waals surface area contributed by atoms with Crippen molar-refractivity contribution >= 4 is 0 Å². The standard InChI is InChI=1S/C13H23N/c1-13(2,3)12(14(4)5)10-11-8-6-7-9-11/h6-8,12H,9-10H2,1-5H3. The Morgan fingerprint density at radius 1 is 1.36 bits per heavy atom. The van der Waals surface area contributed by atoms with E-state index in [9.17, 15) is 0 Å². The first-order valence-electron chi connectivity index (χ1n) is 5.42. The van der Waals surface area contributed by atoms with Gasteiger partial charge in [-0.1, -0.05) is 44.6 Å². The van der Waals surface area contributed by atoms with Gasteiger partial charge in [0.2, 0.25) is 0 Å². The zero-order valence-electron chi connectivity index (χ0n) is 10.2. The Morgan fingerprint density at radius 3 is 2.36 bits per heavy atom. The van der Waals surface area contributed by atoms with Crippen molar-refractivity contribution < 1.29 is 0 Å². The minimum atomic E-state index is 0.354. The Kier molecular flexibility index (Phi) is 3.54. The quantitative estimate of drug-likeness (QED) is 0.665. The van der Waals surface area contributed by atoms with Gasteiger partial charge < -0.3 is 4.90 Å². The number of hydrogen-bond donors (Lipinski definition) is 0. The Bertz CT molecular complexity index is 240. The zero-order valence-corrected chi connectivity index (χ0v) is 10.2. The largest absolute Gasteiger partial charge is 0.306 e. The first kappa shape index (κ1) is 11.5. The highest BCUT2D eigenvalue weighted by atomic mass is 15.1. The van der Waals surface area contributed by atoms with Crippen molar-refractivity contribution in [3.8, 4) is 0 Å². The molecule has 0 saturated carbocycles. The van der Waals surface area contributed by atoms with E-state index in [1.165, 1.54) is 6.42 Å². The molecule has 1 atom stereocenters. The Hall–Kier alpha value is -0.560. The highest BCUT2D eigenvalue weighted by molar-refractivity contribution is 5.24. The molecule has 0 aromatic carbocycles. The summed E-state index contributed by atoms with van der Waals surface area (Å²) in [6.45, 7) is 6.96. The maximum Gasteiger partial charge on any atom is 0.0175 e. The second-order valence-electron chi connectivity index (χ2n) is 5.51. The van der Waals surface area contributed by atoms with Crippen molar-refractivity contribution in [2.75, 3.05) is 14.1 Å².